The van der Waals surface area contributed by atoms with Gasteiger partial charge in [-0.3, -0.25) is 9.59 Å². The molecule has 1 aromatic heterocycles. The molecule has 0 bridgehead atoms. The third-order valence-electron chi connectivity index (χ3n) is 3.96. The number of benzene rings is 2. The lowest BCUT2D eigenvalue weighted by Gasteiger charge is -2.11. The number of aromatic nitrogens is 1. The number of hydrogen-bond acceptors (Lipinski definition) is 4. The van der Waals surface area contributed by atoms with E-state index in [4.69, 9.17) is 9.84 Å². The van der Waals surface area contributed by atoms with Gasteiger partial charge in [-0.2, -0.15) is 0 Å². The Kier molecular flexibility index (Phi) is 6.13. The summed E-state index contributed by atoms with van der Waals surface area (Å²) in [7, 11) is 0. The van der Waals surface area contributed by atoms with E-state index in [1.165, 1.54) is 48.7 Å². The fourth-order valence-corrected chi connectivity index (χ4v) is 2.55. The second kappa shape index (κ2) is 8.92. The monoisotopic (exact) mass is 398 g/mol. The number of amides is 1. The molecule has 1 heterocycles. The average molecular weight is 398 g/mol. The van der Waals surface area contributed by atoms with Crippen LogP contribution in [0.15, 0.2) is 60.8 Å². The minimum absolute atomic E-state index is 0.0221. The summed E-state index contributed by atoms with van der Waals surface area (Å²) in [5.74, 6) is -2.31. The summed E-state index contributed by atoms with van der Waals surface area (Å²) >= 11 is 0. The third-order valence-corrected chi connectivity index (χ3v) is 3.96. The van der Waals surface area contributed by atoms with Gasteiger partial charge in [0.2, 0.25) is 5.88 Å². The fourth-order valence-electron chi connectivity index (χ4n) is 2.55. The second-order valence-electron chi connectivity index (χ2n) is 6.09. The highest BCUT2D eigenvalue weighted by Crippen LogP contribution is 2.23. The molecule has 3 aromatic rings. The molecule has 0 aliphatic heterocycles. The number of rotatable bonds is 7. The van der Waals surface area contributed by atoms with Crippen LogP contribution in [0, 0.1) is 11.6 Å². The van der Waals surface area contributed by atoms with Crippen LogP contribution < -0.4 is 10.1 Å². The van der Waals surface area contributed by atoms with Crippen LogP contribution in [0.2, 0.25) is 0 Å². The van der Waals surface area contributed by atoms with Gasteiger partial charge < -0.3 is 15.2 Å². The van der Waals surface area contributed by atoms with Crippen molar-refractivity contribution in [3.05, 3.63) is 89.1 Å². The molecule has 2 aromatic carbocycles. The van der Waals surface area contributed by atoms with Crippen molar-refractivity contribution in [3.63, 3.8) is 0 Å². The van der Waals surface area contributed by atoms with Gasteiger partial charge in [0, 0.05) is 18.3 Å². The van der Waals surface area contributed by atoms with E-state index in [1.54, 1.807) is 6.07 Å². The zero-order valence-corrected chi connectivity index (χ0v) is 15.1. The Morgan fingerprint density at radius 1 is 1.07 bits per heavy atom. The molecule has 2 N–H and O–H groups in total. The molecule has 1 amide bonds. The Morgan fingerprint density at radius 2 is 1.83 bits per heavy atom. The molecule has 8 heteroatoms. The predicted molar refractivity (Wildman–Crippen MR) is 99.6 cm³/mol. The van der Waals surface area contributed by atoms with Gasteiger partial charge >= 0.3 is 5.97 Å². The molecule has 3 rings (SSSR count). The van der Waals surface area contributed by atoms with Gasteiger partial charge in [0.1, 0.15) is 22.9 Å². The van der Waals surface area contributed by atoms with Crippen LogP contribution in [0.4, 0.5) is 8.78 Å². The highest BCUT2D eigenvalue weighted by Gasteiger charge is 2.15. The van der Waals surface area contributed by atoms with Crippen LogP contribution in [0.3, 0.4) is 0 Å². The molecule has 0 spiro atoms. The minimum Gasteiger partial charge on any atom is -0.481 e. The van der Waals surface area contributed by atoms with E-state index < -0.39 is 23.5 Å². The van der Waals surface area contributed by atoms with Crippen LogP contribution in [-0.4, -0.2) is 22.0 Å². The molecule has 0 atom stereocenters. The van der Waals surface area contributed by atoms with E-state index in [0.29, 0.717) is 11.3 Å². The number of nitrogens with zero attached hydrogens (tertiary/aromatic N) is 1. The SMILES string of the molecule is O=C(O)Cc1ccc(CNC(=O)c2cccnc2Oc2ccc(F)cc2)c(F)c1. The second-order valence-corrected chi connectivity index (χ2v) is 6.09. The van der Waals surface area contributed by atoms with Gasteiger partial charge in [-0.1, -0.05) is 12.1 Å². The smallest absolute Gasteiger partial charge is 0.307 e. The molecule has 0 radical (unpaired) electrons. The number of carboxylic acid groups (broad SMARTS) is 1. The summed E-state index contributed by atoms with van der Waals surface area (Å²) in [6, 6.07) is 12.3. The van der Waals surface area contributed by atoms with E-state index in [0.717, 1.165) is 6.07 Å². The van der Waals surface area contributed by atoms with Crippen molar-refractivity contribution >= 4 is 11.9 Å². The summed E-state index contributed by atoms with van der Waals surface area (Å²) in [6.07, 6.45) is 1.15. The van der Waals surface area contributed by atoms with Crippen LogP contribution in [-0.2, 0) is 17.8 Å². The lowest BCUT2D eigenvalue weighted by molar-refractivity contribution is -0.136. The van der Waals surface area contributed by atoms with Gasteiger partial charge in [0.15, 0.2) is 0 Å². The number of halogens is 2. The Labute approximate surface area is 164 Å². The molecule has 148 valence electrons. The van der Waals surface area contributed by atoms with Crippen LogP contribution in [0.25, 0.3) is 0 Å². The molecule has 0 saturated carbocycles. The van der Waals surface area contributed by atoms with Gasteiger partial charge in [0.25, 0.3) is 5.91 Å². The first-order valence-corrected chi connectivity index (χ1v) is 8.58. The summed E-state index contributed by atoms with van der Waals surface area (Å²) in [4.78, 5) is 27.2. The van der Waals surface area contributed by atoms with Gasteiger partial charge in [-0.05, 0) is 48.0 Å². The van der Waals surface area contributed by atoms with E-state index in [2.05, 4.69) is 10.3 Å². The zero-order chi connectivity index (χ0) is 20.8. The summed E-state index contributed by atoms with van der Waals surface area (Å²) in [5.41, 5.74) is 0.657. The lowest BCUT2D eigenvalue weighted by atomic mass is 10.1. The number of ether oxygens (including phenoxy) is 1. The maximum Gasteiger partial charge on any atom is 0.307 e. The van der Waals surface area contributed by atoms with Gasteiger partial charge in [0.05, 0.1) is 6.42 Å². The number of carboxylic acids is 1. The van der Waals surface area contributed by atoms with E-state index >= 15 is 0 Å². The number of nitrogens with one attached hydrogen (secondary N) is 1. The van der Waals surface area contributed by atoms with Crippen LogP contribution in [0.5, 0.6) is 11.6 Å². The first-order chi connectivity index (χ1) is 13.9. The Bertz CT molecular complexity index is 1040. The molecule has 0 aliphatic carbocycles. The molecule has 0 fully saturated rings. The third kappa shape index (κ3) is 5.35. The van der Waals surface area contributed by atoms with Crippen molar-refractivity contribution in [2.75, 3.05) is 0 Å². The standard InChI is InChI=1S/C21H16F2N2O4/c22-15-5-7-16(8-6-15)29-21-17(2-1-9-24-21)20(28)25-12-14-4-3-13(10-18(14)23)11-19(26)27/h1-10H,11-12H2,(H,25,28)(H,26,27). The minimum atomic E-state index is -1.06. The van der Waals surface area contributed by atoms with Crippen LogP contribution in [0.1, 0.15) is 21.5 Å². The first kappa shape index (κ1) is 19.9. The number of carbonyl (C=O) groups excluding carboxylic acids is 1. The van der Waals surface area contributed by atoms with Crippen LogP contribution >= 0.6 is 0 Å². The molecule has 0 saturated heterocycles. The number of carbonyl (C=O) groups is 2. The summed E-state index contributed by atoms with van der Waals surface area (Å²) in [6.45, 7) is -0.108. The Morgan fingerprint density at radius 3 is 2.52 bits per heavy atom. The molecular weight excluding hydrogens is 382 g/mol. The number of aliphatic carboxylic acids is 1. The maximum atomic E-state index is 14.1. The van der Waals surface area contributed by atoms with E-state index in [1.807, 2.05) is 0 Å². The van der Waals surface area contributed by atoms with Crippen molar-refractivity contribution in [2.24, 2.45) is 0 Å². The van der Waals surface area contributed by atoms with Gasteiger partial charge in [-0.25, -0.2) is 13.8 Å². The highest BCUT2D eigenvalue weighted by molar-refractivity contribution is 5.96. The lowest BCUT2D eigenvalue weighted by Crippen LogP contribution is -2.24. The van der Waals surface area contributed by atoms with Crippen molar-refractivity contribution in [1.29, 1.82) is 0 Å². The average Bonchev–Trinajstić information content (AvgIpc) is 2.69. The zero-order valence-electron chi connectivity index (χ0n) is 15.1. The van der Waals surface area contributed by atoms with E-state index in [-0.39, 0.29) is 30.0 Å². The summed E-state index contributed by atoms with van der Waals surface area (Å²) in [5, 5.41) is 11.3. The topological polar surface area (TPSA) is 88.5 Å². The fraction of sp³-hybridized carbons (Fsp3) is 0.0952. The Hall–Kier alpha value is -3.81. The van der Waals surface area contributed by atoms with Crippen molar-refractivity contribution in [3.8, 4) is 11.6 Å². The quantitative estimate of drug-likeness (QED) is 0.633. The van der Waals surface area contributed by atoms with Gasteiger partial charge in [-0.15, -0.1) is 0 Å². The molecule has 29 heavy (non-hydrogen) atoms. The predicted octanol–water partition coefficient (Wildman–Crippen LogP) is 3.71. The van der Waals surface area contributed by atoms with Crippen molar-refractivity contribution in [2.45, 2.75) is 13.0 Å². The number of hydrogen-bond donors (Lipinski definition) is 2. The van der Waals surface area contributed by atoms with Crippen molar-refractivity contribution in [1.82, 2.24) is 10.3 Å². The van der Waals surface area contributed by atoms with Crippen molar-refractivity contribution < 1.29 is 28.2 Å². The highest BCUT2D eigenvalue weighted by atomic mass is 19.1. The normalized spacial score (nSPS) is 10.4. The molecule has 0 unspecified atom stereocenters. The summed E-state index contributed by atoms with van der Waals surface area (Å²) < 4.78 is 32.7. The Balaban J connectivity index is 1.70. The van der Waals surface area contributed by atoms with E-state index in [9.17, 15) is 18.4 Å². The first-order valence-electron chi connectivity index (χ1n) is 8.58. The molecule has 0 aliphatic rings. The molecular formula is C21H16F2N2O4. The largest absolute Gasteiger partial charge is 0.481 e. The maximum absolute atomic E-state index is 14.1. The number of pyridine rings is 1. The molecule has 6 nitrogen and oxygen atoms in total.